The summed E-state index contributed by atoms with van der Waals surface area (Å²) >= 11 is 0. The third kappa shape index (κ3) is 2.72. The lowest BCUT2D eigenvalue weighted by Crippen LogP contribution is -2.17. The van der Waals surface area contributed by atoms with Crippen LogP contribution in [-0.2, 0) is 16.3 Å². The molecule has 1 unspecified atom stereocenters. The highest BCUT2D eigenvalue weighted by Crippen LogP contribution is 2.22. The van der Waals surface area contributed by atoms with Gasteiger partial charge in [0, 0.05) is 0 Å². The van der Waals surface area contributed by atoms with Gasteiger partial charge >= 0.3 is 5.97 Å². The van der Waals surface area contributed by atoms with Crippen molar-refractivity contribution in [2.24, 2.45) is 0 Å². The molecule has 0 saturated heterocycles. The Kier molecular flexibility index (Phi) is 4.51. The first kappa shape index (κ1) is 14.7. The first-order valence-electron chi connectivity index (χ1n) is 5.94. The maximum Gasteiger partial charge on any atom is 0.336 e. The fraction of sp³-hybridized carbons (Fsp3) is 0.462. The molecule has 0 aliphatic carbocycles. The van der Waals surface area contributed by atoms with E-state index in [1.807, 2.05) is 6.92 Å². The van der Waals surface area contributed by atoms with Crippen LogP contribution in [0.4, 0.5) is 0 Å². The molecule has 18 heavy (non-hydrogen) atoms. The van der Waals surface area contributed by atoms with Crippen LogP contribution in [0, 0.1) is 0 Å². The molecule has 0 spiro atoms. The molecule has 1 aromatic rings. The number of hydrogen-bond donors (Lipinski definition) is 1. The SMILES string of the molecule is CCc1ccc(S(=O)(=O)C(C)CC)cc1C(=O)O. The summed E-state index contributed by atoms with van der Waals surface area (Å²) in [6.07, 6.45) is 1.06. The third-order valence-corrected chi connectivity index (χ3v) is 5.43. The van der Waals surface area contributed by atoms with Crippen LogP contribution < -0.4 is 0 Å². The maximum absolute atomic E-state index is 12.1. The second kappa shape index (κ2) is 5.52. The molecule has 1 N–H and O–H groups in total. The lowest BCUT2D eigenvalue weighted by molar-refractivity contribution is 0.0695. The molecule has 0 saturated carbocycles. The van der Waals surface area contributed by atoms with Gasteiger partial charge in [0.2, 0.25) is 0 Å². The number of hydrogen-bond acceptors (Lipinski definition) is 3. The lowest BCUT2D eigenvalue weighted by Gasteiger charge is -2.12. The normalized spacial score (nSPS) is 13.3. The minimum atomic E-state index is -3.43. The van der Waals surface area contributed by atoms with E-state index in [0.717, 1.165) is 0 Å². The van der Waals surface area contributed by atoms with E-state index in [-0.39, 0.29) is 10.5 Å². The van der Waals surface area contributed by atoms with Gasteiger partial charge in [-0.05, 0) is 37.5 Å². The fourth-order valence-electron chi connectivity index (χ4n) is 1.69. The van der Waals surface area contributed by atoms with Gasteiger partial charge in [0.05, 0.1) is 15.7 Å². The van der Waals surface area contributed by atoms with E-state index in [0.29, 0.717) is 18.4 Å². The largest absolute Gasteiger partial charge is 0.478 e. The van der Waals surface area contributed by atoms with Crippen molar-refractivity contribution in [1.29, 1.82) is 0 Å². The van der Waals surface area contributed by atoms with Gasteiger partial charge in [0.15, 0.2) is 9.84 Å². The average Bonchev–Trinajstić information content (AvgIpc) is 2.36. The number of carboxylic acid groups (broad SMARTS) is 1. The highest BCUT2D eigenvalue weighted by atomic mass is 32.2. The van der Waals surface area contributed by atoms with E-state index in [4.69, 9.17) is 5.11 Å². The topological polar surface area (TPSA) is 71.4 Å². The molecule has 0 aliphatic heterocycles. The number of aromatic carboxylic acids is 1. The van der Waals surface area contributed by atoms with Crippen LogP contribution in [0.5, 0.6) is 0 Å². The molecule has 0 amide bonds. The monoisotopic (exact) mass is 270 g/mol. The number of carboxylic acids is 1. The molecular formula is C13H18O4S. The lowest BCUT2D eigenvalue weighted by atomic mass is 10.1. The van der Waals surface area contributed by atoms with Gasteiger partial charge in [-0.15, -0.1) is 0 Å². The Labute approximate surface area is 108 Å². The van der Waals surface area contributed by atoms with Gasteiger partial charge in [-0.25, -0.2) is 13.2 Å². The molecule has 0 aliphatic rings. The average molecular weight is 270 g/mol. The fourth-order valence-corrected chi connectivity index (χ4v) is 3.13. The Bertz CT molecular complexity index is 546. The molecule has 1 atom stereocenters. The summed E-state index contributed by atoms with van der Waals surface area (Å²) in [5.41, 5.74) is 0.715. The van der Waals surface area contributed by atoms with Crippen LogP contribution >= 0.6 is 0 Å². The minimum Gasteiger partial charge on any atom is -0.478 e. The number of sulfone groups is 1. The van der Waals surface area contributed by atoms with E-state index in [2.05, 4.69) is 0 Å². The zero-order chi connectivity index (χ0) is 13.9. The van der Waals surface area contributed by atoms with Crippen LogP contribution in [0.15, 0.2) is 23.1 Å². The molecule has 0 fully saturated rings. The maximum atomic E-state index is 12.1. The summed E-state index contributed by atoms with van der Waals surface area (Å²) in [7, 11) is -3.43. The summed E-state index contributed by atoms with van der Waals surface area (Å²) in [4.78, 5) is 11.2. The number of benzene rings is 1. The van der Waals surface area contributed by atoms with Gasteiger partial charge in [0.25, 0.3) is 0 Å². The summed E-state index contributed by atoms with van der Waals surface area (Å²) < 4.78 is 24.3. The van der Waals surface area contributed by atoms with Crippen LogP contribution in [0.1, 0.15) is 43.1 Å². The molecule has 4 nitrogen and oxygen atoms in total. The predicted octanol–water partition coefficient (Wildman–Crippen LogP) is 2.52. The summed E-state index contributed by atoms with van der Waals surface area (Å²) in [6, 6.07) is 4.34. The Balaban J connectivity index is 3.37. The molecule has 1 aromatic carbocycles. The van der Waals surface area contributed by atoms with Crippen molar-refractivity contribution in [3.8, 4) is 0 Å². The van der Waals surface area contributed by atoms with Gasteiger partial charge in [-0.1, -0.05) is 19.9 Å². The number of rotatable bonds is 5. The van der Waals surface area contributed by atoms with E-state index >= 15 is 0 Å². The molecule has 0 bridgehead atoms. The van der Waals surface area contributed by atoms with E-state index in [1.165, 1.54) is 12.1 Å². The zero-order valence-corrected chi connectivity index (χ0v) is 11.6. The van der Waals surface area contributed by atoms with E-state index in [9.17, 15) is 13.2 Å². The van der Waals surface area contributed by atoms with Crippen LogP contribution in [0.2, 0.25) is 0 Å². The summed E-state index contributed by atoms with van der Waals surface area (Å²) in [5, 5.41) is 8.58. The first-order valence-corrected chi connectivity index (χ1v) is 7.49. The van der Waals surface area contributed by atoms with Gasteiger partial charge < -0.3 is 5.11 Å². The summed E-state index contributed by atoms with van der Waals surface area (Å²) in [5.74, 6) is -1.09. The Morgan fingerprint density at radius 3 is 2.39 bits per heavy atom. The van der Waals surface area contributed by atoms with Crippen molar-refractivity contribution >= 4 is 15.8 Å². The number of aryl methyl sites for hydroxylation is 1. The molecule has 5 heteroatoms. The van der Waals surface area contributed by atoms with Crippen molar-refractivity contribution in [2.75, 3.05) is 0 Å². The molecule has 0 aromatic heterocycles. The third-order valence-electron chi connectivity index (χ3n) is 3.13. The van der Waals surface area contributed by atoms with Gasteiger partial charge in [-0.2, -0.15) is 0 Å². The highest BCUT2D eigenvalue weighted by Gasteiger charge is 2.23. The van der Waals surface area contributed by atoms with Crippen molar-refractivity contribution in [3.05, 3.63) is 29.3 Å². The summed E-state index contributed by atoms with van der Waals surface area (Å²) in [6.45, 7) is 5.26. The van der Waals surface area contributed by atoms with Crippen molar-refractivity contribution < 1.29 is 18.3 Å². The van der Waals surface area contributed by atoms with Crippen LogP contribution in [-0.4, -0.2) is 24.7 Å². The van der Waals surface area contributed by atoms with Crippen LogP contribution in [0.25, 0.3) is 0 Å². The smallest absolute Gasteiger partial charge is 0.336 e. The molecule has 1 rings (SSSR count). The molecule has 100 valence electrons. The van der Waals surface area contributed by atoms with E-state index in [1.54, 1.807) is 19.9 Å². The Morgan fingerprint density at radius 2 is 1.94 bits per heavy atom. The quantitative estimate of drug-likeness (QED) is 0.892. The number of carbonyl (C=O) groups is 1. The van der Waals surface area contributed by atoms with Crippen molar-refractivity contribution in [3.63, 3.8) is 0 Å². The zero-order valence-electron chi connectivity index (χ0n) is 10.8. The Morgan fingerprint density at radius 1 is 1.33 bits per heavy atom. The van der Waals surface area contributed by atoms with Crippen LogP contribution in [0.3, 0.4) is 0 Å². The molecule has 0 radical (unpaired) electrons. The first-order chi connectivity index (χ1) is 8.34. The molecular weight excluding hydrogens is 252 g/mol. The van der Waals surface area contributed by atoms with Crippen molar-refractivity contribution in [2.45, 2.75) is 43.8 Å². The second-order valence-electron chi connectivity index (χ2n) is 4.24. The molecule has 0 heterocycles. The predicted molar refractivity (Wildman–Crippen MR) is 69.7 cm³/mol. The highest BCUT2D eigenvalue weighted by molar-refractivity contribution is 7.92. The van der Waals surface area contributed by atoms with Gasteiger partial charge in [-0.3, -0.25) is 0 Å². The van der Waals surface area contributed by atoms with Gasteiger partial charge in [0.1, 0.15) is 0 Å². The van der Waals surface area contributed by atoms with E-state index < -0.39 is 21.1 Å². The standard InChI is InChI=1S/C13H18O4S/c1-4-9(3)18(16,17)11-7-6-10(5-2)12(8-11)13(14)15/h6-9H,4-5H2,1-3H3,(H,14,15). The van der Waals surface area contributed by atoms with Crippen molar-refractivity contribution in [1.82, 2.24) is 0 Å². The Hall–Kier alpha value is -1.36. The second-order valence-corrected chi connectivity index (χ2v) is 6.61. The minimum absolute atomic E-state index is 0.0712.